The van der Waals surface area contributed by atoms with Gasteiger partial charge in [0.1, 0.15) is 11.6 Å². The molecule has 4 rings (SSSR count). The Morgan fingerprint density at radius 2 is 1.70 bits per heavy atom. The SMILES string of the molecule is CC(C)c1nc2ccc(N(Cc3ccccc3)S(=O)(=O)c3ccc(F)cc3)cc2[nH]1. The van der Waals surface area contributed by atoms with E-state index in [-0.39, 0.29) is 17.4 Å². The summed E-state index contributed by atoms with van der Waals surface area (Å²) >= 11 is 0. The van der Waals surface area contributed by atoms with E-state index in [0.29, 0.717) is 5.69 Å². The van der Waals surface area contributed by atoms with Crippen molar-refractivity contribution in [2.75, 3.05) is 4.31 Å². The van der Waals surface area contributed by atoms with E-state index < -0.39 is 15.8 Å². The summed E-state index contributed by atoms with van der Waals surface area (Å²) in [5.41, 5.74) is 2.90. The van der Waals surface area contributed by atoms with Crippen LogP contribution in [0.1, 0.15) is 31.2 Å². The molecule has 0 amide bonds. The van der Waals surface area contributed by atoms with Crippen LogP contribution < -0.4 is 4.31 Å². The van der Waals surface area contributed by atoms with Crippen LogP contribution in [0.5, 0.6) is 0 Å². The maximum atomic E-state index is 13.5. The lowest BCUT2D eigenvalue weighted by Crippen LogP contribution is -2.30. The van der Waals surface area contributed by atoms with Crippen LogP contribution in [-0.4, -0.2) is 18.4 Å². The maximum Gasteiger partial charge on any atom is 0.264 e. The number of nitrogens with one attached hydrogen (secondary N) is 1. The molecule has 0 bridgehead atoms. The van der Waals surface area contributed by atoms with Crippen molar-refractivity contribution in [3.63, 3.8) is 0 Å². The van der Waals surface area contributed by atoms with E-state index in [1.54, 1.807) is 12.1 Å². The largest absolute Gasteiger partial charge is 0.342 e. The molecule has 0 aliphatic heterocycles. The second-order valence-electron chi connectivity index (χ2n) is 7.43. The van der Waals surface area contributed by atoms with E-state index in [1.807, 2.05) is 50.2 Å². The second-order valence-corrected chi connectivity index (χ2v) is 9.29. The number of nitrogens with zero attached hydrogens (tertiary/aromatic N) is 2. The molecule has 0 unspecified atom stereocenters. The summed E-state index contributed by atoms with van der Waals surface area (Å²) in [7, 11) is -3.91. The summed E-state index contributed by atoms with van der Waals surface area (Å²) in [4.78, 5) is 7.87. The molecule has 154 valence electrons. The average molecular weight is 424 g/mol. The van der Waals surface area contributed by atoms with Crippen molar-refractivity contribution in [3.05, 3.63) is 90.0 Å². The standard InChI is InChI=1S/C23H22FN3O2S/c1-16(2)23-25-21-13-10-19(14-22(21)26-23)27(15-17-6-4-3-5-7-17)30(28,29)20-11-8-18(24)9-12-20/h3-14,16H,15H2,1-2H3,(H,25,26). The van der Waals surface area contributed by atoms with Crippen LogP contribution >= 0.6 is 0 Å². The van der Waals surface area contributed by atoms with Gasteiger partial charge in [0, 0.05) is 5.92 Å². The van der Waals surface area contributed by atoms with Crippen molar-refractivity contribution >= 4 is 26.7 Å². The Hall–Kier alpha value is -3.19. The summed E-state index contributed by atoms with van der Waals surface area (Å²) in [5, 5.41) is 0. The number of H-pyrrole nitrogens is 1. The molecule has 0 aliphatic rings. The third-order valence-corrected chi connectivity index (χ3v) is 6.68. The molecule has 3 aromatic carbocycles. The summed E-state index contributed by atoms with van der Waals surface area (Å²) in [5.74, 6) is 0.589. The first kappa shape index (κ1) is 20.1. The van der Waals surface area contributed by atoms with Gasteiger partial charge in [0.2, 0.25) is 0 Å². The Bertz CT molecular complexity index is 1270. The first-order chi connectivity index (χ1) is 14.3. The molecule has 1 aromatic heterocycles. The van der Waals surface area contributed by atoms with Crippen molar-refractivity contribution < 1.29 is 12.8 Å². The zero-order valence-corrected chi connectivity index (χ0v) is 17.5. The fraction of sp³-hybridized carbons (Fsp3) is 0.174. The molecular weight excluding hydrogens is 401 g/mol. The first-order valence-corrected chi connectivity index (χ1v) is 11.1. The second kappa shape index (κ2) is 7.91. The van der Waals surface area contributed by atoms with Crippen molar-refractivity contribution in [3.8, 4) is 0 Å². The fourth-order valence-electron chi connectivity index (χ4n) is 3.24. The Morgan fingerprint density at radius 1 is 1.00 bits per heavy atom. The number of aromatic nitrogens is 2. The number of hydrogen-bond donors (Lipinski definition) is 1. The molecule has 1 N–H and O–H groups in total. The van der Waals surface area contributed by atoms with Crippen molar-refractivity contribution in [1.82, 2.24) is 9.97 Å². The number of imidazole rings is 1. The van der Waals surface area contributed by atoms with Crippen LogP contribution in [0.3, 0.4) is 0 Å². The summed E-state index contributed by atoms with van der Waals surface area (Å²) in [6, 6.07) is 19.6. The molecule has 0 saturated carbocycles. The zero-order chi connectivity index (χ0) is 21.3. The Kier molecular flexibility index (Phi) is 5.30. The van der Waals surface area contributed by atoms with E-state index in [9.17, 15) is 12.8 Å². The van der Waals surface area contributed by atoms with Gasteiger partial charge in [-0.3, -0.25) is 4.31 Å². The minimum Gasteiger partial charge on any atom is -0.342 e. The minimum absolute atomic E-state index is 0.0346. The molecule has 4 aromatic rings. The molecule has 1 heterocycles. The van der Waals surface area contributed by atoms with Gasteiger partial charge in [0.25, 0.3) is 10.0 Å². The summed E-state index contributed by atoms with van der Waals surface area (Å²) in [6.07, 6.45) is 0. The molecule has 0 atom stereocenters. The number of halogens is 1. The number of fused-ring (bicyclic) bond motifs is 1. The highest BCUT2D eigenvalue weighted by atomic mass is 32.2. The van der Waals surface area contributed by atoms with E-state index in [4.69, 9.17) is 0 Å². The van der Waals surface area contributed by atoms with Gasteiger partial charge in [-0.2, -0.15) is 0 Å². The van der Waals surface area contributed by atoms with E-state index >= 15 is 0 Å². The predicted molar refractivity (Wildman–Crippen MR) is 116 cm³/mol. The molecule has 7 heteroatoms. The normalized spacial score (nSPS) is 11.9. The molecule has 5 nitrogen and oxygen atoms in total. The lowest BCUT2D eigenvalue weighted by molar-refractivity contribution is 0.589. The van der Waals surface area contributed by atoms with Gasteiger partial charge in [0.05, 0.1) is 28.2 Å². The van der Waals surface area contributed by atoms with Crippen LogP contribution in [0.25, 0.3) is 11.0 Å². The topological polar surface area (TPSA) is 66.1 Å². The summed E-state index contributed by atoms with van der Waals surface area (Å²) in [6.45, 7) is 4.23. The molecule has 0 saturated heterocycles. The van der Waals surface area contributed by atoms with Crippen LogP contribution in [0.4, 0.5) is 10.1 Å². The van der Waals surface area contributed by atoms with E-state index in [2.05, 4.69) is 9.97 Å². The molecule has 30 heavy (non-hydrogen) atoms. The smallest absolute Gasteiger partial charge is 0.264 e. The quantitative estimate of drug-likeness (QED) is 0.462. The number of hydrogen-bond acceptors (Lipinski definition) is 3. The first-order valence-electron chi connectivity index (χ1n) is 9.66. The van der Waals surface area contributed by atoms with Gasteiger partial charge in [-0.15, -0.1) is 0 Å². The molecule has 0 fully saturated rings. The fourth-order valence-corrected chi connectivity index (χ4v) is 4.69. The van der Waals surface area contributed by atoms with Gasteiger partial charge in [-0.05, 0) is 48.0 Å². The monoisotopic (exact) mass is 423 g/mol. The number of anilines is 1. The number of rotatable bonds is 6. The Labute approximate surface area is 175 Å². The van der Waals surface area contributed by atoms with Gasteiger partial charge in [-0.25, -0.2) is 17.8 Å². The maximum absolute atomic E-state index is 13.5. The van der Waals surface area contributed by atoms with Crippen LogP contribution in [0.15, 0.2) is 77.7 Å². The molecule has 0 aliphatic carbocycles. The van der Waals surface area contributed by atoms with Crippen LogP contribution in [0.2, 0.25) is 0 Å². The number of benzene rings is 3. The summed E-state index contributed by atoms with van der Waals surface area (Å²) < 4.78 is 41.7. The third-order valence-electron chi connectivity index (χ3n) is 4.89. The van der Waals surface area contributed by atoms with Crippen molar-refractivity contribution in [1.29, 1.82) is 0 Å². The average Bonchev–Trinajstić information content (AvgIpc) is 3.17. The van der Waals surface area contributed by atoms with Gasteiger partial charge >= 0.3 is 0 Å². The van der Waals surface area contributed by atoms with E-state index in [0.717, 1.165) is 34.6 Å². The number of aromatic amines is 1. The zero-order valence-electron chi connectivity index (χ0n) is 16.7. The third kappa shape index (κ3) is 3.93. The Balaban J connectivity index is 1.82. The van der Waals surface area contributed by atoms with Crippen LogP contribution in [0, 0.1) is 5.82 Å². The van der Waals surface area contributed by atoms with E-state index in [1.165, 1.54) is 16.4 Å². The van der Waals surface area contributed by atoms with Gasteiger partial charge in [0.15, 0.2) is 0 Å². The number of sulfonamides is 1. The highest BCUT2D eigenvalue weighted by Gasteiger charge is 2.26. The van der Waals surface area contributed by atoms with Crippen molar-refractivity contribution in [2.24, 2.45) is 0 Å². The lowest BCUT2D eigenvalue weighted by atomic mass is 10.2. The van der Waals surface area contributed by atoms with Gasteiger partial charge in [-0.1, -0.05) is 44.2 Å². The van der Waals surface area contributed by atoms with Crippen LogP contribution in [-0.2, 0) is 16.6 Å². The van der Waals surface area contributed by atoms with Crippen molar-refractivity contribution in [2.45, 2.75) is 31.2 Å². The lowest BCUT2D eigenvalue weighted by Gasteiger charge is -2.25. The molecular formula is C23H22FN3O2S. The Morgan fingerprint density at radius 3 is 2.37 bits per heavy atom. The minimum atomic E-state index is -3.91. The highest BCUT2D eigenvalue weighted by molar-refractivity contribution is 7.92. The molecule has 0 radical (unpaired) electrons. The molecule has 0 spiro atoms. The van der Waals surface area contributed by atoms with Gasteiger partial charge < -0.3 is 4.98 Å². The predicted octanol–water partition coefficient (Wildman–Crippen LogP) is 5.22. The highest BCUT2D eigenvalue weighted by Crippen LogP contribution is 2.29.